The molecule has 0 radical (unpaired) electrons. The van der Waals surface area contributed by atoms with Gasteiger partial charge in [-0.25, -0.2) is 0 Å². The molecule has 0 spiro atoms. The second-order valence-corrected chi connectivity index (χ2v) is 6.26. The van der Waals surface area contributed by atoms with Crippen LogP contribution in [0.5, 0.6) is 0 Å². The number of hydrogen-bond acceptors (Lipinski definition) is 1. The van der Waals surface area contributed by atoms with Crippen molar-refractivity contribution < 1.29 is 0 Å². The molecular formula is C19H22ClN. The minimum absolute atomic E-state index is 0.377. The van der Waals surface area contributed by atoms with Crippen molar-refractivity contribution in [3.8, 4) is 0 Å². The Labute approximate surface area is 132 Å². The van der Waals surface area contributed by atoms with Crippen molar-refractivity contribution in [1.82, 2.24) is 5.32 Å². The fraction of sp³-hybridized carbons (Fsp3) is 0.368. The van der Waals surface area contributed by atoms with Gasteiger partial charge in [-0.2, -0.15) is 0 Å². The second kappa shape index (κ2) is 6.64. The van der Waals surface area contributed by atoms with Gasteiger partial charge in [-0.05, 0) is 66.6 Å². The van der Waals surface area contributed by atoms with Gasteiger partial charge in [0.05, 0.1) is 0 Å². The van der Waals surface area contributed by atoms with Gasteiger partial charge in [-0.15, -0.1) is 0 Å². The summed E-state index contributed by atoms with van der Waals surface area (Å²) in [5, 5.41) is 4.42. The first-order chi connectivity index (χ1) is 10.3. The Morgan fingerprint density at radius 1 is 1.05 bits per heavy atom. The highest BCUT2D eigenvalue weighted by molar-refractivity contribution is 6.30. The van der Waals surface area contributed by atoms with Gasteiger partial charge < -0.3 is 5.32 Å². The fourth-order valence-electron chi connectivity index (χ4n) is 3.22. The summed E-state index contributed by atoms with van der Waals surface area (Å²) >= 11 is 5.97. The Kier molecular flexibility index (Phi) is 4.62. The topological polar surface area (TPSA) is 12.0 Å². The largest absolute Gasteiger partial charge is 0.310 e. The Hall–Kier alpha value is -1.31. The molecule has 2 heteroatoms. The lowest BCUT2D eigenvalue weighted by Crippen LogP contribution is -2.23. The van der Waals surface area contributed by atoms with E-state index >= 15 is 0 Å². The summed E-state index contributed by atoms with van der Waals surface area (Å²) in [6.45, 7) is 3.15. The zero-order chi connectivity index (χ0) is 14.7. The molecule has 2 aromatic rings. The van der Waals surface area contributed by atoms with Gasteiger partial charge in [0.15, 0.2) is 0 Å². The fourth-order valence-corrected chi connectivity index (χ4v) is 3.34. The van der Waals surface area contributed by atoms with Crippen LogP contribution in [-0.2, 0) is 19.3 Å². The van der Waals surface area contributed by atoms with Crippen LogP contribution in [0.3, 0.4) is 0 Å². The number of hydrogen-bond donors (Lipinski definition) is 1. The molecule has 1 atom stereocenters. The second-order valence-electron chi connectivity index (χ2n) is 5.82. The summed E-state index contributed by atoms with van der Waals surface area (Å²) in [6.07, 6.45) is 4.80. The molecule has 2 aromatic carbocycles. The van der Waals surface area contributed by atoms with Crippen LogP contribution in [0, 0.1) is 0 Å². The molecule has 1 aliphatic rings. The van der Waals surface area contributed by atoms with E-state index in [2.05, 4.69) is 42.6 Å². The standard InChI is InChI=1S/C19H22ClN/c1-2-21-19(12-14-6-10-18(20)11-7-14)17-9-8-15-4-3-5-16(15)13-17/h6-11,13,19,21H,2-5,12H2,1H3. The van der Waals surface area contributed by atoms with E-state index < -0.39 is 0 Å². The molecular weight excluding hydrogens is 278 g/mol. The van der Waals surface area contributed by atoms with Gasteiger partial charge in [-0.3, -0.25) is 0 Å². The number of nitrogens with one attached hydrogen (secondary N) is 1. The van der Waals surface area contributed by atoms with Crippen LogP contribution in [0.2, 0.25) is 5.02 Å². The van der Waals surface area contributed by atoms with Gasteiger partial charge in [0.2, 0.25) is 0 Å². The smallest absolute Gasteiger partial charge is 0.0406 e. The lowest BCUT2D eigenvalue weighted by molar-refractivity contribution is 0.549. The molecule has 0 saturated heterocycles. The number of rotatable bonds is 5. The number of aryl methyl sites for hydroxylation is 2. The van der Waals surface area contributed by atoms with E-state index in [1.807, 2.05) is 12.1 Å². The maximum atomic E-state index is 5.97. The van der Waals surface area contributed by atoms with Crippen molar-refractivity contribution in [2.45, 2.75) is 38.6 Å². The molecule has 0 aromatic heterocycles. The summed E-state index contributed by atoms with van der Waals surface area (Å²) in [6, 6.07) is 15.6. The van der Waals surface area contributed by atoms with E-state index in [1.165, 1.54) is 30.4 Å². The quantitative estimate of drug-likeness (QED) is 0.842. The van der Waals surface area contributed by atoms with Crippen LogP contribution >= 0.6 is 11.6 Å². The van der Waals surface area contributed by atoms with E-state index in [-0.39, 0.29) is 0 Å². The first kappa shape index (κ1) is 14.6. The zero-order valence-electron chi connectivity index (χ0n) is 12.5. The maximum Gasteiger partial charge on any atom is 0.0406 e. The molecule has 0 amide bonds. The first-order valence-electron chi connectivity index (χ1n) is 7.86. The first-order valence-corrected chi connectivity index (χ1v) is 8.23. The van der Waals surface area contributed by atoms with Crippen molar-refractivity contribution in [1.29, 1.82) is 0 Å². The molecule has 1 nitrogen and oxygen atoms in total. The third kappa shape index (κ3) is 3.48. The van der Waals surface area contributed by atoms with Crippen LogP contribution < -0.4 is 5.32 Å². The summed E-state index contributed by atoms with van der Waals surface area (Å²) in [5.41, 5.74) is 5.82. The molecule has 0 fully saturated rings. The summed E-state index contributed by atoms with van der Waals surface area (Å²) < 4.78 is 0. The summed E-state index contributed by atoms with van der Waals surface area (Å²) in [5.74, 6) is 0. The SMILES string of the molecule is CCNC(Cc1ccc(Cl)cc1)c1ccc2c(c1)CCC2. The van der Waals surface area contributed by atoms with Gasteiger partial charge in [0, 0.05) is 11.1 Å². The molecule has 1 N–H and O–H groups in total. The zero-order valence-corrected chi connectivity index (χ0v) is 13.3. The van der Waals surface area contributed by atoms with E-state index in [9.17, 15) is 0 Å². The highest BCUT2D eigenvalue weighted by atomic mass is 35.5. The number of fused-ring (bicyclic) bond motifs is 1. The molecule has 1 unspecified atom stereocenters. The minimum atomic E-state index is 0.377. The number of likely N-dealkylation sites (N-methyl/N-ethyl adjacent to an activating group) is 1. The van der Waals surface area contributed by atoms with Crippen LogP contribution in [0.15, 0.2) is 42.5 Å². The van der Waals surface area contributed by atoms with Crippen molar-refractivity contribution in [3.05, 3.63) is 69.7 Å². The molecule has 110 valence electrons. The normalized spacial score (nSPS) is 15.0. The average Bonchev–Trinajstić information content (AvgIpc) is 2.96. The van der Waals surface area contributed by atoms with Gasteiger partial charge in [0.1, 0.15) is 0 Å². The van der Waals surface area contributed by atoms with E-state index in [0.29, 0.717) is 6.04 Å². The van der Waals surface area contributed by atoms with Crippen molar-refractivity contribution in [3.63, 3.8) is 0 Å². The van der Waals surface area contributed by atoms with Crippen molar-refractivity contribution >= 4 is 11.6 Å². The van der Waals surface area contributed by atoms with Crippen LogP contribution in [0.25, 0.3) is 0 Å². The Morgan fingerprint density at radius 2 is 1.81 bits per heavy atom. The average molecular weight is 300 g/mol. The Morgan fingerprint density at radius 3 is 2.57 bits per heavy atom. The number of benzene rings is 2. The third-order valence-electron chi connectivity index (χ3n) is 4.33. The predicted molar refractivity (Wildman–Crippen MR) is 90.0 cm³/mol. The summed E-state index contributed by atoms with van der Waals surface area (Å²) in [4.78, 5) is 0. The van der Waals surface area contributed by atoms with Crippen LogP contribution in [0.4, 0.5) is 0 Å². The predicted octanol–water partition coefficient (Wildman–Crippen LogP) is 4.72. The van der Waals surface area contributed by atoms with Gasteiger partial charge >= 0.3 is 0 Å². The Bertz CT molecular complexity index is 603. The number of halogens is 1. The third-order valence-corrected chi connectivity index (χ3v) is 4.58. The van der Waals surface area contributed by atoms with Crippen molar-refractivity contribution in [2.75, 3.05) is 6.54 Å². The summed E-state index contributed by atoms with van der Waals surface area (Å²) in [7, 11) is 0. The lowest BCUT2D eigenvalue weighted by Gasteiger charge is -2.19. The lowest BCUT2D eigenvalue weighted by atomic mass is 9.96. The maximum absolute atomic E-state index is 5.97. The highest BCUT2D eigenvalue weighted by Gasteiger charge is 2.16. The molecule has 21 heavy (non-hydrogen) atoms. The van der Waals surface area contributed by atoms with E-state index in [0.717, 1.165) is 18.0 Å². The molecule has 1 aliphatic carbocycles. The monoisotopic (exact) mass is 299 g/mol. The van der Waals surface area contributed by atoms with Crippen LogP contribution in [0.1, 0.15) is 41.6 Å². The van der Waals surface area contributed by atoms with Gasteiger partial charge in [-0.1, -0.05) is 48.9 Å². The molecule has 0 saturated carbocycles. The highest BCUT2D eigenvalue weighted by Crippen LogP contribution is 2.27. The van der Waals surface area contributed by atoms with Crippen molar-refractivity contribution in [2.24, 2.45) is 0 Å². The molecule has 0 bridgehead atoms. The molecule has 0 heterocycles. The Balaban J connectivity index is 1.82. The van der Waals surface area contributed by atoms with E-state index in [1.54, 1.807) is 11.1 Å². The molecule has 3 rings (SSSR count). The van der Waals surface area contributed by atoms with Crippen LogP contribution in [-0.4, -0.2) is 6.54 Å². The minimum Gasteiger partial charge on any atom is -0.310 e. The van der Waals surface area contributed by atoms with Gasteiger partial charge in [0.25, 0.3) is 0 Å². The van der Waals surface area contributed by atoms with E-state index in [4.69, 9.17) is 11.6 Å². The molecule has 0 aliphatic heterocycles.